The van der Waals surface area contributed by atoms with Crippen LogP contribution >= 0.6 is 11.3 Å². The van der Waals surface area contributed by atoms with E-state index in [0.717, 1.165) is 22.5 Å². The van der Waals surface area contributed by atoms with Crippen LogP contribution in [0.2, 0.25) is 0 Å². The Balaban J connectivity index is 1.74. The van der Waals surface area contributed by atoms with E-state index in [4.69, 9.17) is 0 Å². The molecule has 0 radical (unpaired) electrons. The first-order chi connectivity index (χ1) is 10.7. The zero-order chi connectivity index (χ0) is 15.1. The quantitative estimate of drug-likeness (QED) is 0.775. The fourth-order valence-electron chi connectivity index (χ4n) is 2.64. The number of benzene rings is 1. The molecule has 4 rings (SSSR count). The lowest BCUT2D eigenvalue weighted by Gasteiger charge is -2.07. The van der Waals surface area contributed by atoms with Gasteiger partial charge in [0, 0.05) is 23.1 Å². The Morgan fingerprint density at radius 1 is 1.18 bits per heavy atom. The van der Waals surface area contributed by atoms with E-state index in [0.29, 0.717) is 12.4 Å². The van der Waals surface area contributed by atoms with Crippen LogP contribution in [0.1, 0.15) is 16.5 Å². The molecule has 0 saturated heterocycles. The van der Waals surface area contributed by atoms with Gasteiger partial charge in [-0.25, -0.2) is 18.7 Å². The van der Waals surface area contributed by atoms with Gasteiger partial charge in [0.1, 0.15) is 10.8 Å². The van der Waals surface area contributed by atoms with E-state index >= 15 is 0 Å². The van der Waals surface area contributed by atoms with Crippen LogP contribution < -0.4 is 5.32 Å². The molecule has 6 heteroatoms. The molecule has 1 aliphatic rings. The lowest BCUT2D eigenvalue weighted by Crippen LogP contribution is -2.05. The normalized spacial score (nSPS) is 16.4. The van der Waals surface area contributed by atoms with Gasteiger partial charge >= 0.3 is 0 Å². The number of halogens is 2. The summed E-state index contributed by atoms with van der Waals surface area (Å²) in [4.78, 5) is 8.50. The average molecular weight is 315 g/mol. The highest BCUT2D eigenvalue weighted by molar-refractivity contribution is 7.10. The molecule has 1 atom stereocenters. The van der Waals surface area contributed by atoms with Crippen molar-refractivity contribution in [2.45, 2.75) is 5.92 Å². The minimum absolute atomic E-state index is 0.272. The van der Waals surface area contributed by atoms with Gasteiger partial charge in [0.15, 0.2) is 11.6 Å². The first kappa shape index (κ1) is 13.3. The summed E-state index contributed by atoms with van der Waals surface area (Å²) >= 11 is 1.45. The van der Waals surface area contributed by atoms with Crippen molar-refractivity contribution in [2.24, 2.45) is 0 Å². The Bertz CT molecular complexity index is 833. The van der Waals surface area contributed by atoms with Gasteiger partial charge in [-0.3, -0.25) is 0 Å². The Kier molecular flexibility index (Phi) is 3.11. The highest BCUT2D eigenvalue weighted by Crippen LogP contribution is 2.39. The SMILES string of the molecule is Fc1cnc2c(c1F)C(c1nc(-c3ccccc3)cs1)CN2. The van der Waals surface area contributed by atoms with E-state index in [9.17, 15) is 8.78 Å². The Morgan fingerprint density at radius 2 is 2.00 bits per heavy atom. The van der Waals surface area contributed by atoms with E-state index in [1.165, 1.54) is 11.3 Å². The highest BCUT2D eigenvalue weighted by Gasteiger charge is 2.32. The molecule has 22 heavy (non-hydrogen) atoms. The molecule has 110 valence electrons. The molecule has 3 aromatic rings. The molecule has 1 N–H and O–H groups in total. The third kappa shape index (κ3) is 2.07. The van der Waals surface area contributed by atoms with Gasteiger partial charge < -0.3 is 5.32 Å². The molecule has 0 fully saturated rings. The second-order valence-electron chi connectivity index (χ2n) is 5.05. The van der Waals surface area contributed by atoms with E-state index in [-0.39, 0.29) is 11.5 Å². The van der Waals surface area contributed by atoms with Crippen molar-refractivity contribution < 1.29 is 8.78 Å². The summed E-state index contributed by atoms with van der Waals surface area (Å²) in [6.45, 7) is 0.477. The van der Waals surface area contributed by atoms with Crippen molar-refractivity contribution in [3.63, 3.8) is 0 Å². The van der Waals surface area contributed by atoms with Gasteiger partial charge in [-0.05, 0) is 0 Å². The number of nitrogens with zero attached hydrogens (tertiary/aromatic N) is 2. The van der Waals surface area contributed by atoms with Crippen molar-refractivity contribution in [3.05, 3.63) is 64.1 Å². The minimum Gasteiger partial charge on any atom is -0.369 e. The molecule has 0 aliphatic carbocycles. The Hall–Kier alpha value is -2.34. The van der Waals surface area contributed by atoms with Crippen LogP contribution in [0.25, 0.3) is 11.3 Å². The number of hydrogen-bond acceptors (Lipinski definition) is 4. The average Bonchev–Trinajstić information content (AvgIpc) is 3.18. The number of anilines is 1. The third-order valence-electron chi connectivity index (χ3n) is 3.72. The summed E-state index contributed by atoms with van der Waals surface area (Å²) < 4.78 is 27.5. The number of pyridine rings is 1. The number of fused-ring (bicyclic) bond motifs is 1. The maximum Gasteiger partial charge on any atom is 0.177 e. The molecule has 0 saturated carbocycles. The summed E-state index contributed by atoms with van der Waals surface area (Å²) in [5.41, 5.74) is 2.13. The number of aromatic nitrogens is 2. The smallest absolute Gasteiger partial charge is 0.177 e. The van der Waals surface area contributed by atoms with Crippen molar-refractivity contribution in [1.29, 1.82) is 0 Å². The Morgan fingerprint density at radius 3 is 2.82 bits per heavy atom. The molecule has 0 spiro atoms. The lowest BCUT2D eigenvalue weighted by molar-refractivity contribution is 0.494. The topological polar surface area (TPSA) is 37.8 Å². The fourth-order valence-corrected chi connectivity index (χ4v) is 3.58. The number of thiazole rings is 1. The first-order valence-corrected chi connectivity index (χ1v) is 7.70. The summed E-state index contributed by atoms with van der Waals surface area (Å²) in [6.07, 6.45) is 0.904. The monoisotopic (exact) mass is 315 g/mol. The van der Waals surface area contributed by atoms with Crippen LogP contribution in [0.15, 0.2) is 41.9 Å². The molecule has 1 aliphatic heterocycles. The van der Waals surface area contributed by atoms with Crippen molar-refractivity contribution in [2.75, 3.05) is 11.9 Å². The van der Waals surface area contributed by atoms with E-state index in [1.807, 2.05) is 35.7 Å². The molecule has 1 unspecified atom stereocenters. The number of nitrogens with one attached hydrogen (secondary N) is 1. The molecular formula is C16H11F2N3S. The molecule has 0 amide bonds. The van der Waals surface area contributed by atoms with E-state index in [1.54, 1.807) is 0 Å². The van der Waals surface area contributed by atoms with Crippen LogP contribution in [0.3, 0.4) is 0 Å². The van der Waals surface area contributed by atoms with Crippen LogP contribution in [-0.4, -0.2) is 16.5 Å². The van der Waals surface area contributed by atoms with E-state index < -0.39 is 11.6 Å². The van der Waals surface area contributed by atoms with Crippen LogP contribution in [0.4, 0.5) is 14.6 Å². The van der Waals surface area contributed by atoms with Gasteiger partial charge in [0.05, 0.1) is 17.8 Å². The molecule has 1 aromatic carbocycles. The van der Waals surface area contributed by atoms with Crippen molar-refractivity contribution >= 4 is 17.2 Å². The van der Waals surface area contributed by atoms with Gasteiger partial charge in [-0.1, -0.05) is 30.3 Å². The molecule has 0 bridgehead atoms. The predicted octanol–water partition coefficient (Wildman–Crippen LogP) is 4.04. The van der Waals surface area contributed by atoms with E-state index in [2.05, 4.69) is 15.3 Å². The highest BCUT2D eigenvalue weighted by atomic mass is 32.1. The van der Waals surface area contributed by atoms with Gasteiger partial charge in [0.2, 0.25) is 0 Å². The fraction of sp³-hybridized carbons (Fsp3) is 0.125. The zero-order valence-electron chi connectivity index (χ0n) is 11.4. The molecule has 3 heterocycles. The summed E-state index contributed by atoms with van der Waals surface area (Å²) in [7, 11) is 0. The number of rotatable bonds is 2. The predicted molar refractivity (Wildman–Crippen MR) is 82.0 cm³/mol. The second kappa shape index (κ2) is 5.14. The maximum absolute atomic E-state index is 14.1. The summed E-state index contributed by atoms with van der Waals surface area (Å²) in [5.74, 6) is -1.66. The van der Waals surface area contributed by atoms with Gasteiger partial charge in [-0.15, -0.1) is 11.3 Å². The van der Waals surface area contributed by atoms with Gasteiger partial charge in [-0.2, -0.15) is 0 Å². The molecule has 2 aromatic heterocycles. The first-order valence-electron chi connectivity index (χ1n) is 6.82. The summed E-state index contributed by atoms with van der Waals surface area (Å²) in [5, 5.41) is 5.71. The minimum atomic E-state index is -0.924. The van der Waals surface area contributed by atoms with Crippen LogP contribution in [-0.2, 0) is 0 Å². The molecule has 3 nitrogen and oxygen atoms in total. The van der Waals surface area contributed by atoms with Gasteiger partial charge in [0.25, 0.3) is 0 Å². The third-order valence-corrected chi connectivity index (χ3v) is 4.68. The summed E-state index contributed by atoms with van der Waals surface area (Å²) in [6, 6.07) is 9.78. The van der Waals surface area contributed by atoms with Crippen LogP contribution in [0, 0.1) is 11.6 Å². The molecular weight excluding hydrogens is 304 g/mol. The maximum atomic E-state index is 14.1. The Labute approximate surface area is 129 Å². The van der Waals surface area contributed by atoms with Crippen molar-refractivity contribution in [1.82, 2.24) is 9.97 Å². The standard InChI is InChI=1S/C16H11F2N3S/c17-11-7-20-15-13(14(11)18)10(6-19-15)16-21-12(8-22-16)9-4-2-1-3-5-9/h1-5,7-8,10H,6H2,(H,19,20). The number of hydrogen-bond donors (Lipinski definition) is 1. The zero-order valence-corrected chi connectivity index (χ0v) is 12.2. The second-order valence-corrected chi connectivity index (χ2v) is 5.94. The largest absolute Gasteiger partial charge is 0.369 e. The van der Waals surface area contributed by atoms with Crippen LogP contribution in [0.5, 0.6) is 0 Å². The van der Waals surface area contributed by atoms with Crippen molar-refractivity contribution in [3.8, 4) is 11.3 Å². The lowest BCUT2D eigenvalue weighted by atomic mass is 10.0.